The molecule has 0 atom stereocenters. The van der Waals surface area contributed by atoms with E-state index >= 15 is 0 Å². The summed E-state index contributed by atoms with van der Waals surface area (Å²) in [6.07, 6.45) is 4.95. The molecule has 0 amide bonds. The molecule has 0 fully saturated rings. The first-order chi connectivity index (χ1) is 17.1. The average Bonchev–Trinajstić information content (AvgIpc) is 2.94. The molecule has 0 aliphatic heterocycles. The molecule has 3 aromatic carbocycles. The largest absolute Gasteiger partial charge is 1.00 e. The van der Waals surface area contributed by atoms with Crippen molar-refractivity contribution in [3.05, 3.63) is 107 Å². The van der Waals surface area contributed by atoms with Gasteiger partial charge in [0.05, 0.1) is 5.69 Å². The number of hydrogen-bond acceptors (Lipinski definition) is 2. The van der Waals surface area contributed by atoms with Gasteiger partial charge in [-0.3, -0.25) is 4.90 Å². The minimum absolute atomic E-state index is 0. The Hall–Kier alpha value is -1.45. The van der Waals surface area contributed by atoms with Gasteiger partial charge in [0.1, 0.15) is 0 Å². The molecule has 3 nitrogen and oxygen atoms in total. The van der Waals surface area contributed by atoms with Gasteiger partial charge in [0.15, 0.2) is 6.19 Å². The molecule has 3 rings (SSSR count). The van der Waals surface area contributed by atoms with Crippen molar-refractivity contribution in [2.45, 2.75) is 80.2 Å². The zero-order chi connectivity index (χ0) is 26.5. The van der Waals surface area contributed by atoms with Crippen molar-refractivity contribution in [3.8, 4) is 6.19 Å². The number of anilines is 1. The summed E-state index contributed by atoms with van der Waals surface area (Å²) in [7, 11) is 0. The second-order valence-electron chi connectivity index (χ2n) is 7.79. The Labute approximate surface area is 264 Å². The van der Waals surface area contributed by atoms with Crippen LogP contribution in [0.4, 0.5) is 5.69 Å². The van der Waals surface area contributed by atoms with Gasteiger partial charge in [0.25, 0.3) is 0 Å². The van der Waals surface area contributed by atoms with E-state index in [-0.39, 0.29) is 57.4 Å². The van der Waals surface area contributed by atoms with Gasteiger partial charge in [-0.1, -0.05) is 171 Å². The van der Waals surface area contributed by atoms with Gasteiger partial charge in [0.2, 0.25) is 0 Å². The number of nitrogens with zero attached hydrogens (tertiary/aromatic N) is 3. The summed E-state index contributed by atoms with van der Waals surface area (Å²) in [5, 5.41) is 14.7. The van der Waals surface area contributed by atoms with Crippen LogP contribution in [0, 0.1) is 11.5 Å². The van der Waals surface area contributed by atoms with E-state index in [0.29, 0.717) is 12.6 Å². The van der Waals surface area contributed by atoms with E-state index in [1.54, 1.807) is 4.90 Å². The molecule has 4 heteroatoms. The van der Waals surface area contributed by atoms with Crippen molar-refractivity contribution in [2.75, 3.05) is 11.6 Å². The molecule has 36 heavy (non-hydrogen) atoms. The molecule has 0 saturated heterocycles. The predicted octanol–water partition coefficient (Wildman–Crippen LogP) is 7.08. The van der Waals surface area contributed by atoms with E-state index in [4.69, 9.17) is 5.32 Å². The minimum Gasteiger partial charge on any atom is -0.634 e. The van der Waals surface area contributed by atoms with Gasteiger partial charge in [-0.15, -0.1) is 0 Å². The van der Waals surface area contributed by atoms with Crippen LogP contribution in [0.1, 0.15) is 96.9 Å². The molecule has 0 aromatic heterocycles. The van der Waals surface area contributed by atoms with Crippen LogP contribution < -0.4 is 56.3 Å². The van der Waals surface area contributed by atoms with Crippen LogP contribution >= 0.6 is 0 Å². The van der Waals surface area contributed by atoms with Gasteiger partial charge >= 0.3 is 51.4 Å². The third-order valence-electron chi connectivity index (χ3n) is 5.11. The van der Waals surface area contributed by atoms with E-state index in [0.717, 1.165) is 22.4 Å². The van der Waals surface area contributed by atoms with Crippen molar-refractivity contribution >= 4 is 5.69 Å². The normalized spacial score (nSPS) is 9.25. The number of benzene rings is 3. The fourth-order valence-electron chi connectivity index (χ4n) is 3.22. The third kappa shape index (κ3) is 13.2. The zero-order valence-electron chi connectivity index (χ0n) is 24.2. The Morgan fingerprint density at radius 2 is 1.14 bits per heavy atom. The number of hydrogen-bond donors (Lipinski definition) is 0. The van der Waals surface area contributed by atoms with Gasteiger partial charge in [-0.25, -0.2) is 0 Å². The van der Waals surface area contributed by atoms with E-state index in [2.05, 4.69) is 64.2 Å². The maximum atomic E-state index is 9.76. The van der Waals surface area contributed by atoms with E-state index < -0.39 is 0 Å². The fraction of sp³-hybridized carbons (Fsp3) is 0.406. The molecule has 0 saturated carbocycles. The molecule has 0 heterocycles. The molecule has 190 valence electrons. The summed E-state index contributed by atoms with van der Waals surface area (Å²) < 4.78 is 0. The summed E-state index contributed by atoms with van der Waals surface area (Å²) >= 11 is 0. The van der Waals surface area contributed by atoms with Crippen molar-refractivity contribution in [3.63, 3.8) is 0 Å². The molecular weight excluding hydrogens is 465 g/mol. The average molecular weight is 512 g/mol. The Bertz CT molecular complexity index is 879. The summed E-state index contributed by atoms with van der Waals surface area (Å²) in [6, 6.07) is 28.4. The van der Waals surface area contributed by atoms with Crippen LogP contribution in [0.5, 0.6) is 0 Å². The van der Waals surface area contributed by atoms with Crippen LogP contribution in [0.25, 0.3) is 5.32 Å². The van der Waals surface area contributed by atoms with Crippen molar-refractivity contribution in [2.24, 2.45) is 0 Å². The molecule has 0 spiro atoms. The SMILES string of the molecule is CC.CC.CC(C)c1ccccc1N(C#N)C[N-]C(c1ccccc1)c1ccccc1.CCCC.[K+]. The second-order valence-corrected chi connectivity index (χ2v) is 7.79. The van der Waals surface area contributed by atoms with Crippen LogP contribution in [0.15, 0.2) is 84.9 Å². The monoisotopic (exact) mass is 511 g/mol. The summed E-state index contributed by atoms with van der Waals surface area (Å²) in [4.78, 5) is 1.67. The molecular formula is C32H46KN3. The first kappa shape index (κ1) is 36.7. The number of nitriles is 1. The molecule has 0 aliphatic rings. The van der Waals surface area contributed by atoms with Crippen molar-refractivity contribution < 1.29 is 51.4 Å². The molecule has 0 radical (unpaired) electrons. The zero-order valence-corrected chi connectivity index (χ0v) is 27.3. The van der Waals surface area contributed by atoms with Crippen LogP contribution in [0.3, 0.4) is 0 Å². The van der Waals surface area contributed by atoms with Crippen LogP contribution in [0.2, 0.25) is 0 Å². The van der Waals surface area contributed by atoms with Gasteiger partial charge in [-0.2, -0.15) is 5.26 Å². The van der Waals surface area contributed by atoms with Crippen LogP contribution in [-0.2, 0) is 0 Å². The minimum atomic E-state index is -0.102. The number of rotatable bonds is 8. The number of unbranched alkanes of at least 4 members (excludes halogenated alkanes) is 1. The molecule has 0 aliphatic carbocycles. The van der Waals surface area contributed by atoms with E-state index in [1.165, 1.54) is 12.8 Å². The molecule has 0 unspecified atom stereocenters. The topological polar surface area (TPSA) is 41.1 Å². The summed E-state index contributed by atoms with van der Waals surface area (Å²) in [5.41, 5.74) is 4.33. The van der Waals surface area contributed by atoms with E-state index in [1.807, 2.05) is 82.3 Å². The Balaban J connectivity index is 0. The Morgan fingerprint density at radius 3 is 1.53 bits per heavy atom. The molecule has 0 N–H and O–H groups in total. The summed E-state index contributed by atoms with van der Waals surface area (Å²) in [6.45, 7) is 17.0. The quantitative estimate of drug-likeness (QED) is 0.184. The maximum Gasteiger partial charge on any atom is 1.00 e. The molecule has 3 aromatic rings. The number of para-hydroxylation sites is 1. The van der Waals surface area contributed by atoms with Gasteiger partial charge < -0.3 is 5.32 Å². The Morgan fingerprint density at radius 1 is 0.722 bits per heavy atom. The Kier molecular flexibility index (Phi) is 24.4. The second kappa shape index (κ2) is 23.9. The van der Waals surface area contributed by atoms with Crippen molar-refractivity contribution in [1.82, 2.24) is 0 Å². The molecule has 0 bridgehead atoms. The smallest absolute Gasteiger partial charge is 0.634 e. The first-order valence-electron chi connectivity index (χ1n) is 13.1. The predicted molar refractivity (Wildman–Crippen MR) is 155 cm³/mol. The standard InChI is InChI=1S/C24H24N3.C4H10.2C2H6.K/c1-19(2)22-15-9-10-16-23(22)27(17-25)18-26-24(20-11-5-3-6-12-20)21-13-7-4-8-14-21;1-3-4-2;2*1-2;/h3-16,19,24H,18H2,1-2H3;3-4H2,1-2H3;2*1-2H3;/q-1;;;;+1. The van der Waals surface area contributed by atoms with Gasteiger partial charge in [-0.05, 0) is 17.5 Å². The first-order valence-corrected chi connectivity index (χ1v) is 13.1. The van der Waals surface area contributed by atoms with Crippen LogP contribution in [-0.4, -0.2) is 6.67 Å². The maximum absolute atomic E-state index is 9.76. The third-order valence-corrected chi connectivity index (χ3v) is 5.11. The fourth-order valence-corrected chi connectivity index (χ4v) is 3.22. The van der Waals surface area contributed by atoms with Crippen molar-refractivity contribution in [1.29, 1.82) is 5.26 Å². The van der Waals surface area contributed by atoms with E-state index in [9.17, 15) is 5.26 Å². The summed E-state index contributed by atoms with van der Waals surface area (Å²) in [5.74, 6) is 0.344. The van der Waals surface area contributed by atoms with Gasteiger partial charge in [0, 0.05) is 0 Å².